The number of aryl methyl sites for hydroxylation is 2. The summed E-state index contributed by atoms with van der Waals surface area (Å²) in [6, 6.07) is 0. The molecule has 92 valence electrons. The minimum atomic E-state index is 0.611. The Bertz CT molecular complexity index is 301. The number of ether oxygens (including phenoxy) is 3. The Morgan fingerprint density at radius 3 is 2.38 bits per heavy atom. The van der Waals surface area contributed by atoms with E-state index >= 15 is 0 Å². The van der Waals surface area contributed by atoms with Gasteiger partial charge in [0.1, 0.15) is 0 Å². The van der Waals surface area contributed by atoms with Crippen molar-refractivity contribution < 1.29 is 14.2 Å². The Labute approximate surface area is 101 Å². The van der Waals surface area contributed by atoms with Crippen molar-refractivity contribution in [2.75, 3.05) is 33.5 Å². The second-order valence-electron chi connectivity index (χ2n) is 3.40. The standard InChI is InChI=1S/C11H19NO3S/c1-9-11(16-10(2)12-9)8-15-7-6-14-5-4-13-3/h4-8H2,1-3H3. The van der Waals surface area contributed by atoms with Gasteiger partial charge in [-0.3, -0.25) is 0 Å². The van der Waals surface area contributed by atoms with Crippen molar-refractivity contribution in [3.63, 3.8) is 0 Å². The third-order valence-corrected chi connectivity index (χ3v) is 3.08. The van der Waals surface area contributed by atoms with Gasteiger partial charge in [0.15, 0.2) is 0 Å². The molecule has 1 aromatic heterocycles. The Hall–Kier alpha value is -0.490. The number of thiazole rings is 1. The zero-order valence-electron chi connectivity index (χ0n) is 10.1. The van der Waals surface area contributed by atoms with E-state index < -0.39 is 0 Å². The Balaban J connectivity index is 2.05. The van der Waals surface area contributed by atoms with E-state index in [-0.39, 0.29) is 0 Å². The SMILES string of the molecule is COCCOCCOCc1sc(C)nc1C. The molecule has 0 aromatic carbocycles. The van der Waals surface area contributed by atoms with E-state index in [4.69, 9.17) is 14.2 Å². The predicted octanol–water partition coefficient (Wildman–Crippen LogP) is 1.94. The van der Waals surface area contributed by atoms with Crippen molar-refractivity contribution >= 4 is 11.3 Å². The van der Waals surface area contributed by atoms with E-state index in [1.54, 1.807) is 18.4 Å². The van der Waals surface area contributed by atoms with Gasteiger partial charge in [-0.25, -0.2) is 4.98 Å². The van der Waals surface area contributed by atoms with Crippen molar-refractivity contribution in [2.45, 2.75) is 20.5 Å². The number of rotatable bonds is 8. The van der Waals surface area contributed by atoms with Gasteiger partial charge in [-0.15, -0.1) is 11.3 Å². The quantitative estimate of drug-likeness (QED) is 0.656. The molecule has 1 heterocycles. The lowest BCUT2D eigenvalue weighted by atomic mass is 10.4. The maximum Gasteiger partial charge on any atom is 0.0900 e. The highest BCUT2D eigenvalue weighted by atomic mass is 32.1. The summed E-state index contributed by atoms with van der Waals surface area (Å²) in [6.45, 7) is 7.13. The zero-order valence-corrected chi connectivity index (χ0v) is 10.9. The van der Waals surface area contributed by atoms with Gasteiger partial charge in [-0.1, -0.05) is 0 Å². The molecular formula is C11H19NO3S. The van der Waals surface area contributed by atoms with E-state index in [0.717, 1.165) is 10.7 Å². The van der Waals surface area contributed by atoms with Gasteiger partial charge in [0.05, 0.1) is 48.6 Å². The van der Waals surface area contributed by atoms with Crippen LogP contribution >= 0.6 is 11.3 Å². The van der Waals surface area contributed by atoms with E-state index in [1.807, 2.05) is 13.8 Å². The fourth-order valence-corrected chi connectivity index (χ4v) is 2.11. The summed E-state index contributed by atoms with van der Waals surface area (Å²) >= 11 is 1.69. The van der Waals surface area contributed by atoms with Crippen molar-refractivity contribution in [1.29, 1.82) is 0 Å². The smallest absolute Gasteiger partial charge is 0.0900 e. The number of hydrogen-bond acceptors (Lipinski definition) is 5. The minimum Gasteiger partial charge on any atom is -0.382 e. The summed E-state index contributed by atoms with van der Waals surface area (Å²) in [4.78, 5) is 5.54. The summed E-state index contributed by atoms with van der Waals surface area (Å²) in [5.41, 5.74) is 1.07. The average molecular weight is 245 g/mol. The van der Waals surface area contributed by atoms with Crippen molar-refractivity contribution in [2.24, 2.45) is 0 Å². The molecule has 16 heavy (non-hydrogen) atoms. The third-order valence-electron chi connectivity index (χ3n) is 2.04. The maximum absolute atomic E-state index is 5.50. The van der Waals surface area contributed by atoms with Crippen molar-refractivity contribution in [3.8, 4) is 0 Å². The summed E-state index contributed by atoms with van der Waals surface area (Å²) in [5.74, 6) is 0. The van der Waals surface area contributed by atoms with Crippen LogP contribution in [0.25, 0.3) is 0 Å². The Morgan fingerprint density at radius 2 is 1.75 bits per heavy atom. The first kappa shape index (κ1) is 13.6. The van der Waals surface area contributed by atoms with Crippen LogP contribution in [0.5, 0.6) is 0 Å². The van der Waals surface area contributed by atoms with Crippen LogP contribution in [0.15, 0.2) is 0 Å². The largest absolute Gasteiger partial charge is 0.382 e. The molecule has 0 saturated carbocycles. The second-order valence-corrected chi connectivity index (χ2v) is 4.69. The summed E-state index contributed by atoms with van der Waals surface area (Å²) in [6.07, 6.45) is 0. The Kier molecular flexibility index (Phi) is 6.56. The number of hydrogen-bond donors (Lipinski definition) is 0. The molecule has 0 amide bonds. The fraction of sp³-hybridized carbons (Fsp3) is 0.727. The second kappa shape index (κ2) is 7.73. The summed E-state index contributed by atoms with van der Waals surface area (Å²) < 4.78 is 15.6. The van der Waals surface area contributed by atoms with Crippen LogP contribution in [-0.2, 0) is 20.8 Å². The molecule has 0 N–H and O–H groups in total. The molecule has 0 aliphatic rings. The number of nitrogens with zero attached hydrogens (tertiary/aromatic N) is 1. The van der Waals surface area contributed by atoms with Gasteiger partial charge in [0.2, 0.25) is 0 Å². The van der Waals surface area contributed by atoms with Crippen LogP contribution in [0.2, 0.25) is 0 Å². The molecule has 0 fully saturated rings. The van der Waals surface area contributed by atoms with Crippen molar-refractivity contribution in [1.82, 2.24) is 4.98 Å². The van der Waals surface area contributed by atoms with Crippen molar-refractivity contribution in [3.05, 3.63) is 15.6 Å². The molecule has 0 radical (unpaired) electrons. The van der Waals surface area contributed by atoms with E-state index in [1.165, 1.54) is 4.88 Å². The molecule has 0 aliphatic carbocycles. The normalized spacial score (nSPS) is 10.9. The van der Waals surface area contributed by atoms with Crippen LogP contribution in [0.1, 0.15) is 15.6 Å². The molecule has 0 atom stereocenters. The zero-order chi connectivity index (χ0) is 11.8. The molecule has 0 aliphatic heterocycles. The lowest BCUT2D eigenvalue weighted by Gasteiger charge is -2.04. The highest BCUT2D eigenvalue weighted by Gasteiger charge is 2.03. The van der Waals surface area contributed by atoms with Crippen LogP contribution < -0.4 is 0 Å². The topological polar surface area (TPSA) is 40.6 Å². The Morgan fingerprint density at radius 1 is 1.06 bits per heavy atom. The predicted molar refractivity (Wildman–Crippen MR) is 63.9 cm³/mol. The third kappa shape index (κ3) is 5.03. The molecule has 5 heteroatoms. The van der Waals surface area contributed by atoms with E-state index in [0.29, 0.717) is 33.0 Å². The molecule has 0 unspecified atom stereocenters. The molecule has 4 nitrogen and oxygen atoms in total. The fourth-order valence-electron chi connectivity index (χ4n) is 1.23. The lowest BCUT2D eigenvalue weighted by Crippen LogP contribution is -2.08. The van der Waals surface area contributed by atoms with Crippen LogP contribution in [0.3, 0.4) is 0 Å². The highest BCUT2D eigenvalue weighted by molar-refractivity contribution is 7.11. The van der Waals surface area contributed by atoms with E-state index in [9.17, 15) is 0 Å². The number of methoxy groups -OCH3 is 1. The molecule has 0 saturated heterocycles. The molecule has 0 spiro atoms. The van der Waals surface area contributed by atoms with E-state index in [2.05, 4.69) is 4.98 Å². The minimum absolute atomic E-state index is 0.611. The monoisotopic (exact) mass is 245 g/mol. The van der Waals surface area contributed by atoms with Gasteiger partial charge in [-0.2, -0.15) is 0 Å². The first-order valence-corrected chi connectivity index (χ1v) is 6.13. The van der Waals surface area contributed by atoms with Gasteiger partial charge in [0.25, 0.3) is 0 Å². The summed E-state index contributed by atoms with van der Waals surface area (Å²) in [7, 11) is 1.66. The number of aromatic nitrogens is 1. The van der Waals surface area contributed by atoms with Gasteiger partial charge < -0.3 is 14.2 Å². The lowest BCUT2D eigenvalue weighted by molar-refractivity contribution is 0.0204. The van der Waals surface area contributed by atoms with Crippen LogP contribution in [0.4, 0.5) is 0 Å². The van der Waals surface area contributed by atoms with Gasteiger partial charge in [-0.05, 0) is 13.8 Å². The summed E-state index contributed by atoms with van der Waals surface area (Å²) in [5, 5.41) is 1.09. The maximum atomic E-state index is 5.50. The highest BCUT2D eigenvalue weighted by Crippen LogP contribution is 2.17. The van der Waals surface area contributed by atoms with Crippen LogP contribution in [-0.4, -0.2) is 38.5 Å². The first-order chi connectivity index (χ1) is 7.74. The molecular weight excluding hydrogens is 226 g/mol. The van der Waals surface area contributed by atoms with Crippen LogP contribution in [0, 0.1) is 13.8 Å². The first-order valence-electron chi connectivity index (χ1n) is 5.31. The molecule has 0 bridgehead atoms. The molecule has 1 rings (SSSR count). The molecule has 1 aromatic rings. The van der Waals surface area contributed by atoms with Gasteiger partial charge >= 0.3 is 0 Å². The average Bonchev–Trinajstić information content (AvgIpc) is 2.56. The van der Waals surface area contributed by atoms with Gasteiger partial charge in [0, 0.05) is 7.11 Å².